The molecule has 0 saturated heterocycles. The number of hydrogen-bond donors (Lipinski definition) is 3. The van der Waals surface area contributed by atoms with Gasteiger partial charge in [-0.2, -0.15) is 0 Å². The first kappa shape index (κ1) is 25.7. The van der Waals surface area contributed by atoms with Crippen LogP contribution >= 0.6 is 0 Å². The van der Waals surface area contributed by atoms with Crippen LogP contribution in [0.25, 0.3) is 11.1 Å². The third-order valence-electron chi connectivity index (χ3n) is 6.49. The summed E-state index contributed by atoms with van der Waals surface area (Å²) in [5, 5.41) is 23.3. The molecule has 4 nitrogen and oxygen atoms in total. The van der Waals surface area contributed by atoms with Crippen LogP contribution in [0.2, 0.25) is 0 Å². The average Bonchev–Trinajstić information content (AvgIpc) is 2.82. The molecule has 0 aliphatic heterocycles. The van der Waals surface area contributed by atoms with E-state index in [0.717, 1.165) is 36.0 Å². The van der Waals surface area contributed by atoms with Crippen LogP contribution in [0.4, 0.5) is 0 Å². The SMILES string of the molecule is CC(C)c1ccc([C@H](O)CN[C@H]2CCc3ccc(-c4ccc(C(=O)O)cc4)cc3C2)cc1.[NaH]. The summed E-state index contributed by atoms with van der Waals surface area (Å²) in [6.45, 7) is 4.88. The van der Waals surface area contributed by atoms with Gasteiger partial charge in [0.25, 0.3) is 0 Å². The molecule has 1 aliphatic carbocycles. The van der Waals surface area contributed by atoms with Crippen molar-refractivity contribution in [1.82, 2.24) is 5.32 Å². The van der Waals surface area contributed by atoms with Gasteiger partial charge in [0.05, 0.1) is 11.7 Å². The fourth-order valence-electron chi connectivity index (χ4n) is 4.42. The van der Waals surface area contributed by atoms with Gasteiger partial charge in [-0.05, 0) is 70.7 Å². The second-order valence-corrected chi connectivity index (χ2v) is 9.05. The Morgan fingerprint density at radius 1 is 0.939 bits per heavy atom. The Morgan fingerprint density at radius 2 is 1.58 bits per heavy atom. The molecule has 0 spiro atoms. The van der Waals surface area contributed by atoms with Crippen LogP contribution in [0.15, 0.2) is 66.7 Å². The number of aryl methyl sites for hydroxylation is 1. The van der Waals surface area contributed by atoms with Crippen molar-refractivity contribution in [1.29, 1.82) is 0 Å². The molecule has 0 saturated carbocycles. The summed E-state index contributed by atoms with van der Waals surface area (Å²) in [4.78, 5) is 11.1. The first-order chi connectivity index (χ1) is 15.4. The molecule has 1 aliphatic rings. The number of carbonyl (C=O) groups is 1. The summed E-state index contributed by atoms with van der Waals surface area (Å²) in [5.74, 6) is -0.421. The van der Waals surface area contributed by atoms with Gasteiger partial charge in [0.15, 0.2) is 0 Å². The molecule has 5 heteroatoms. The van der Waals surface area contributed by atoms with E-state index >= 15 is 0 Å². The third kappa shape index (κ3) is 6.34. The normalized spacial score (nSPS) is 16.1. The molecule has 33 heavy (non-hydrogen) atoms. The van der Waals surface area contributed by atoms with E-state index in [2.05, 4.69) is 49.5 Å². The Kier molecular flexibility index (Phi) is 8.91. The van der Waals surface area contributed by atoms with Crippen LogP contribution in [0.5, 0.6) is 0 Å². The topological polar surface area (TPSA) is 69.6 Å². The number of carboxylic acid groups (broad SMARTS) is 1. The molecule has 168 valence electrons. The summed E-state index contributed by atoms with van der Waals surface area (Å²) in [7, 11) is 0. The molecule has 0 radical (unpaired) electrons. The number of fused-ring (bicyclic) bond motifs is 1. The molecule has 3 N–H and O–H groups in total. The predicted molar refractivity (Wildman–Crippen MR) is 135 cm³/mol. The third-order valence-corrected chi connectivity index (χ3v) is 6.49. The number of aromatic carboxylic acids is 1. The van der Waals surface area contributed by atoms with Crippen molar-refractivity contribution < 1.29 is 15.0 Å². The number of aliphatic hydroxyl groups excluding tert-OH is 1. The molecule has 0 amide bonds. The number of nitrogens with one attached hydrogen (secondary N) is 1. The van der Waals surface area contributed by atoms with Crippen molar-refractivity contribution in [3.63, 3.8) is 0 Å². The van der Waals surface area contributed by atoms with Crippen molar-refractivity contribution in [3.8, 4) is 11.1 Å². The molecule has 4 rings (SSSR count). The summed E-state index contributed by atoms with van der Waals surface area (Å²) < 4.78 is 0. The zero-order chi connectivity index (χ0) is 22.7. The summed E-state index contributed by atoms with van der Waals surface area (Å²) >= 11 is 0. The minimum absolute atomic E-state index is 0. The van der Waals surface area contributed by atoms with Crippen molar-refractivity contribution in [2.45, 2.75) is 51.2 Å². The van der Waals surface area contributed by atoms with E-state index < -0.39 is 12.1 Å². The molecule has 0 heterocycles. The maximum absolute atomic E-state index is 11.1. The fourth-order valence-corrected chi connectivity index (χ4v) is 4.42. The van der Waals surface area contributed by atoms with E-state index in [0.29, 0.717) is 24.1 Å². The molecule has 0 bridgehead atoms. The Hall–Kier alpha value is -1.95. The van der Waals surface area contributed by atoms with Gasteiger partial charge in [-0.25, -0.2) is 4.79 Å². The number of rotatable bonds is 7. The molecule has 0 fully saturated rings. The van der Waals surface area contributed by atoms with Crippen LogP contribution in [-0.2, 0) is 12.8 Å². The van der Waals surface area contributed by atoms with E-state index in [4.69, 9.17) is 5.11 Å². The quantitative estimate of drug-likeness (QED) is 0.453. The van der Waals surface area contributed by atoms with Gasteiger partial charge >= 0.3 is 35.5 Å². The fraction of sp³-hybridized carbons (Fsp3) is 0.321. The number of carboxylic acids is 1. The predicted octanol–water partition coefficient (Wildman–Crippen LogP) is 4.71. The van der Waals surface area contributed by atoms with Crippen molar-refractivity contribution >= 4 is 35.5 Å². The van der Waals surface area contributed by atoms with Gasteiger partial charge in [0.1, 0.15) is 0 Å². The van der Waals surface area contributed by atoms with Crippen LogP contribution in [-0.4, -0.2) is 58.3 Å². The van der Waals surface area contributed by atoms with Crippen LogP contribution in [0, 0.1) is 0 Å². The Bertz CT molecular complexity index is 1080. The zero-order valence-corrected chi connectivity index (χ0v) is 18.7. The van der Waals surface area contributed by atoms with E-state index in [1.165, 1.54) is 16.7 Å². The molecule has 0 unspecified atom stereocenters. The molecule has 3 aromatic rings. The number of aliphatic hydroxyl groups is 1. The molecule has 3 aromatic carbocycles. The number of benzene rings is 3. The first-order valence-electron chi connectivity index (χ1n) is 11.4. The van der Waals surface area contributed by atoms with Crippen molar-refractivity contribution in [2.75, 3.05) is 6.54 Å². The summed E-state index contributed by atoms with van der Waals surface area (Å²) in [6.07, 6.45) is 2.48. The van der Waals surface area contributed by atoms with E-state index in [1.54, 1.807) is 12.1 Å². The average molecular weight is 454 g/mol. The number of hydrogen-bond acceptors (Lipinski definition) is 3. The molecular formula is C28H32NNaO3. The summed E-state index contributed by atoms with van der Waals surface area (Å²) in [6, 6.07) is 22.2. The maximum atomic E-state index is 11.1. The second-order valence-electron chi connectivity index (χ2n) is 9.05. The second kappa shape index (κ2) is 11.5. The van der Waals surface area contributed by atoms with Crippen molar-refractivity contribution in [2.24, 2.45) is 0 Å². The van der Waals surface area contributed by atoms with Crippen LogP contribution in [0.3, 0.4) is 0 Å². The van der Waals surface area contributed by atoms with Crippen molar-refractivity contribution in [3.05, 3.63) is 94.5 Å². The van der Waals surface area contributed by atoms with Gasteiger partial charge < -0.3 is 15.5 Å². The van der Waals surface area contributed by atoms with Gasteiger partial charge in [-0.15, -0.1) is 0 Å². The van der Waals surface area contributed by atoms with Gasteiger partial charge in [0.2, 0.25) is 0 Å². The molecule has 2 atom stereocenters. The van der Waals surface area contributed by atoms with E-state index in [1.807, 2.05) is 24.3 Å². The Balaban J connectivity index is 0.00000306. The van der Waals surface area contributed by atoms with Gasteiger partial charge in [-0.3, -0.25) is 0 Å². The Labute approximate surface area is 218 Å². The van der Waals surface area contributed by atoms with Crippen LogP contribution in [0.1, 0.15) is 64.9 Å². The molecule has 0 aromatic heterocycles. The van der Waals surface area contributed by atoms with Gasteiger partial charge in [-0.1, -0.05) is 68.4 Å². The zero-order valence-electron chi connectivity index (χ0n) is 18.7. The van der Waals surface area contributed by atoms with Crippen LogP contribution < -0.4 is 5.32 Å². The van der Waals surface area contributed by atoms with Gasteiger partial charge in [0, 0.05) is 12.6 Å². The first-order valence-corrected chi connectivity index (χ1v) is 11.4. The molecular weight excluding hydrogens is 421 g/mol. The van der Waals surface area contributed by atoms with E-state index in [-0.39, 0.29) is 29.6 Å². The monoisotopic (exact) mass is 453 g/mol. The minimum atomic E-state index is -0.908. The standard InChI is InChI=1S/C28H31NO3.Na.H/c1-18(2)19-3-8-22(9-4-19)27(30)17-29-26-14-13-21-7-12-24(15-25(21)16-26)20-5-10-23(11-6-20)28(31)32;;/h3-12,15,18,26-27,29-30H,13-14,16-17H2,1-2H3,(H,31,32);;/t26-,27+;;/m0../s1. The van der Waals surface area contributed by atoms with E-state index in [9.17, 15) is 9.90 Å². The summed E-state index contributed by atoms with van der Waals surface area (Å²) in [5.41, 5.74) is 7.35. The Morgan fingerprint density at radius 3 is 2.21 bits per heavy atom.